The van der Waals surface area contributed by atoms with E-state index in [-0.39, 0.29) is 5.60 Å². The van der Waals surface area contributed by atoms with Crippen LogP contribution in [-0.4, -0.2) is 34.4 Å². The molecule has 0 aliphatic rings. The molecule has 0 aliphatic heterocycles. The molecular formula is C10H16N4OS. The van der Waals surface area contributed by atoms with Crippen molar-refractivity contribution in [3.05, 3.63) is 17.8 Å². The van der Waals surface area contributed by atoms with Crippen LogP contribution in [0.1, 0.15) is 19.4 Å². The normalized spacial score (nSPS) is 11.2. The van der Waals surface area contributed by atoms with Crippen molar-refractivity contribution < 1.29 is 4.74 Å². The molecule has 1 heterocycles. The lowest BCUT2D eigenvalue weighted by atomic mass is 10.1. The molecule has 3 N–H and O–H groups in total. The number of anilines is 1. The summed E-state index contributed by atoms with van der Waals surface area (Å²) >= 11 is 4.92. The first kappa shape index (κ1) is 12.8. The number of nitrogens with zero attached hydrogens (tertiary/aromatic N) is 2. The van der Waals surface area contributed by atoms with E-state index in [1.165, 1.54) is 0 Å². The molecule has 5 nitrogen and oxygen atoms in total. The fraction of sp³-hybridized carbons (Fsp3) is 0.500. The number of hydrogen-bond acceptors (Lipinski definition) is 5. The van der Waals surface area contributed by atoms with Gasteiger partial charge in [-0.15, -0.1) is 5.10 Å². The molecule has 1 aromatic rings. The number of aromatic nitrogens is 2. The third-order valence-corrected chi connectivity index (χ3v) is 2.44. The van der Waals surface area contributed by atoms with Crippen LogP contribution in [0.15, 0.2) is 12.3 Å². The monoisotopic (exact) mass is 240 g/mol. The number of nitrogens with one attached hydrogen (secondary N) is 1. The fourth-order valence-electron chi connectivity index (χ4n) is 1.03. The summed E-state index contributed by atoms with van der Waals surface area (Å²) in [6, 6.07) is 1.73. The van der Waals surface area contributed by atoms with E-state index in [1.54, 1.807) is 19.4 Å². The van der Waals surface area contributed by atoms with Crippen molar-refractivity contribution in [2.45, 2.75) is 19.4 Å². The van der Waals surface area contributed by atoms with Crippen LogP contribution in [-0.2, 0) is 4.74 Å². The SMILES string of the molecule is COC(C)(C)CNc1nnccc1C(N)=S. The van der Waals surface area contributed by atoms with E-state index in [0.717, 1.165) is 0 Å². The van der Waals surface area contributed by atoms with Gasteiger partial charge in [0.15, 0.2) is 5.82 Å². The van der Waals surface area contributed by atoms with Gasteiger partial charge in [-0.25, -0.2) is 0 Å². The lowest BCUT2D eigenvalue weighted by molar-refractivity contribution is 0.0343. The smallest absolute Gasteiger partial charge is 0.159 e. The third kappa shape index (κ3) is 3.39. The Bertz CT molecular complexity index is 381. The lowest BCUT2D eigenvalue weighted by Gasteiger charge is -2.23. The zero-order valence-electron chi connectivity index (χ0n) is 9.65. The molecule has 0 amide bonds. The summed E-state index contributed by atoms with van der Waals surface area (Å²) in [5, 5.41) is 10.9. The molecule has 0 fully saturated rings. The molecule has 0 spiro atoms. The minimum absolute atomic E-state index is 0.287. The quantitative estimate of drug-likeness (QED) is 0.746. The van der Waals surface area contributed by atoms with Gasteiger partial charge in [0, 0.05) is 13.7 Å². The molecule has 6 heteroatoms. The lowest BCUT2D eigenvalue weighted by Crippen LogP contribution is -2.33. The maximum atomic E-state index is 5.58. The molecule has 0 saturated heterocycles. The van der Waals surface area contributed by atoms with E-state index in [9.17, 15) is 0 Å². The molecule has 88 valence electrons. The fourth-order valence-corrected chi connectivity index (χ4v) is 1.19. The number of rotatable bonds is 5. The van der Waals surface area contributed by atoms with Crippen molar-refractivity contribution in [3.8, 4) is 0 Å². The average Bonchev–Trinajstić information content (AvgIpc) is 2.27. The van der Waals surface area contributed by atoms with Gasteiger partial charge < -0.3 is 15.8 Å². The Kier molecular flexibility index (Phi) is 4.14. The zero-order chi connectivity index (χ0) is 12.2. The highest BCUT2D eigenvalue weighted by Gasteiger charge is 2.17. The number of nitrogens with two attached hydrogens (primary N) is 1. The molecule has 0 bridgehead atoms. The molecular weight excluding hydrogens is 224 g/mol. The van der Waals surface area contributed by atoms with Gasteiger partial charge in [-0.3, -0.25) is 0 Å². The molecule has 0 aromatic carbocycles. The van der Waals surface area contributed by atoms with Crippen LogP contribution in [0.3, 0.4) is 0 Å². The largest absolute Gasteiger partial charge is 0.389 e. The molecule has 0 saturated carbocycles. The van der Waals surface area contributed by atoms with Gasteiger partial charge in [-0.05, 0) is 19.9 Å². The van der Waals surface area contributed by atoms with Crippen molar-refractivity contribution in [2.75, 3.05) is 19.0 Å². The number of ether oxygens (including phenoxy) is 1. The standard InChI is InChI=1S/C10H16N4OS/c1-10(2,15-3)6-12-9-7(8(11)16)4-5-13-14-9/h4-5H,6H2,1-3H3,(H2,11,16)(H,12,14). The second-order valence-electron chi connectivity index (χ2n) is 3.98. The Morgan fingerprint density at radius 2 is 2.31 bits per heavy atom. The van der Waals surface area contributed by atoms with Crippen LogP contribution in [0.5, 0.6) is 0 Å². The topological polar surface area (TPSA) is 73.1 Å². The summed E-state index contributed by atoms with van der Waals surface area (Å²) in [6.45, 7) is 4.53. The van der Waals surface area contributed by atoms with Crippen molar-refractivity contribution in [2.24, 2.45) is 5.73 Å². The van der Waals surface area contributed by atoms with Gasteiger partial charge in [0.05, 0.1) is 17.4 Å². The van der Waals surface area contributed by atoms with Gasteiger partial charge in [0.1, 0.15) is 4.99 Å². The Balaban J connectivity index is 2.78. The number of hydrogen-bond donors (Lipinski definition) is 2. The van der Waals surface area contributed by atoms with Gasteiger partial charge >= 0.3 is 0 Å². The highest BCUT2D eigenvalue weighted by atomic mass is 32.1. The minimum Gasteiger partial charge on any atom is -0.389 e. The molecule has 16 heavy (non-hydrogen) atoms. The maximum Gasteiger partial charge on any atom is 0.159 e. The van der Waals surface area contributed by atoms with Gasteiger partial charge in [-0.1, -0.05) is 12.2 Å². The van der Waals surface area contributed by atoms with Crippen LogP contribution in [0.25, 0.3) is 0 Å². The summed E-state index contributed by atoms with van der Waals surface area (Å²) in [7, 11) is 1.66. The molecule has 1 rings (SSSR count). The van der Waals surface area contributed by atoms with Crippen molar-refractivity contribution >= 4 is 23.0 Å². The summed E-state index contributed by atoms with van der Waals surface area (Å²) in [6.07, 6.45) is 1.56. The van der Waals surface area contributed by atoms with E-state index < -0.39 is 0 Å². The average molecular weight is 240 g/mol. The zero-order valence-corrected chi connectivity index (χ0v) is 10.5. The van der Waals surface area contributed by atoms with Crippen LogP contribution in [0.2, 0.25) is 0 Å². The maximum absolute atomic E-state index is 5.58. The first-order valence-electron chi connectivity index (χ1n) is 4.87. The van der Waals surface area contributed by atoms with Crippen LogP contribution in [0, 0.1) is 0 Å². The molecule has 0 atom stereocenters. The van der Waals surface area contributed by atoms with Gasteiger partial charge in [0.25, 0.3) is 0 Å². The van der Waals surface area contributed by atoms with E-state index in [0.29, 0.717) is 22.9 Å². The molecule has 0 aliphatic carbocycles. The van der Waals surface area contributed by atoms with Crippen LogP contribution < -0.4 is 11.1 Å². The van der Waals surface area contributed by atoms with E-state index in [1.807, 2.05) is 13.8 Å². The Hall–Kier alpha value is -1.27. The van der Waals surface area contributed by atoms with Crippen molar-refractivity contribution in [1.82, 2.24) is 10.2 Å². The van der Waals surface area contributed by atoms with Gasteiger partial charge in [0.2, 0.25) is 0 Å². The summed E-state index contributed by atoms with van der Waals surface area (Å²) in [5.41, 5.74) is 5.98. The summed E-state index contributed by atoms with van der Waals surface area (Å²) in [4.78, 5) is 0.299. The second kappa shape index (κ2) is 5.18. The minimum atomic E-state index is -0.287. The second-order valence-corrected chi connectivity index (χ2v) is 4.41. The predicted molar refractivity (Wildman–Crippen MR) is 67.5 cm³/mol. The number of thiocarbonyl (C=S) groups is 1. The predicted octanol–water partition coefficient (Wildman–Crippen LogP) is 0.948. The highest BCUT2D eigenvalue weighted by molar-refractivity contribution is 7.80. The van der Waals surface area contributed by atoms with Crippen molar-refractivity contribution in [1.29, 1.82) is 0 Å². The van der Waals surface area contributed by atoms with E-state index in [2.05, 4.69) is 15.5 Å². The first-order chi connectivity index (χ1) is 7.46. The summed E-state index contributed by atoms with van der Waals surface area (Å²) < 4.78 is 5.28. The van der Waals surface area contributed by atoms with E-state index >= 15 is 0 Å². The first-order valence-corrected chi connectivity index (χ1v) is 5.27. The van der Waals surface area contributed by atoms with E-state index in [4.69, 9.17) is 22.7 Å². The highest BCUT2D eigenvalue weighted by Crippen LogP contribution is 2.13. The molecule has 0 radical (unpaired) electrons. The Labute approximate surface area is 100 Å². The molecule has 1 aromatic heterocycles. The van der Waals surface area contributed by atoms with Crippen LogP contribution >= 0.6 is 12.2 Å². The van der Waals surface area contributed by atoms with Gasteiger partial charge in [-0.2, -0.15) is 5.10 Å². The van der Waals surface area contributed by atoms with Crippen LogP contribution in [0.4, 0.5) is 5.82 Å². The summed E-state index contributed by atoms with van der Waals surface area (Å²) in [5.74, 6) is 0.583. The third-order valence-electron chi connectivity index (χ3n) is 2.22. The Morgan fingerprint density at radius 1 is 1.62 bits per heavy atom. The van der Waals surface area contributed by atoms with Crippen molar-refractivity contribution in [3.63, 3.8) is 0 Å². The Morgan fingerprint density at radius 3 is 2.88 bits per heavy atom. The number of methoxy groups -OCH3 is 1. The molecule has 0 unspecified atom stereocenters.